The van der Waals surface area contributed by atoms with Gasteiger partial charge in [-0.25, -0.2) is 0 Å². The summed E-state index contributed by atoms with van der Waals surface area (Å²) in [6, 6.07) is 17.3. The molecule has 168 valence electrons. The predicted octanol–water partition coefficient (Wildman–Crippen LogP) is 5.28. The van der Waals surface area contributed by atoms with Gasteiger partial charge in [0.1, 0.15) is 11.5 Å². The normalized spacial score (nSPS) is 15.6. The van der Waals surface area contributed by atoms with Crippen molar-refractivity contribution in [3.8, 4) is 11.5 Å². The number of rotatable bonds is 4. The Morgan fingerprint density at radius 3 is 2.06 bits per heavy atom. The van der Waals surface area contributed by atoms with Crippen LogP contribution in [-0.2, 0) is 0 Å². The van der Waals surface area contributed by atoms with E-state index in [-0.39, 0.29) is 42.4 Å². The molecule has 4 nitrogen and oxygen atoms in total. The van der Waals surface area contributed by atoms with Gasteiger partial charge in [0.15, 0.2) is 0 Å². The van der Waals surface area contributed by atoms with Crippen LogP contribution in [0.4, 0.5) is 13.2 Å². The highest BCUT2D eigenvalue weighted by Crippen LogP contribution is 2.33. The first-order valence-corrected chi connectivity index (χ1v) is 9.42. The van der Waals surface area contributed by atoms with Gasteiger partial charge in [0.05, 0.1) is 6.04 Å². The van der Waals surface area contributed by atoms with Gasteiger partial charge in [-0.05, 0) is 52.2 Å². The highest BCUT2D eigenvalue weighted by atomic mass is 35.5. The molecule has 0 aliphatic carbocycles. The Balaban J connectivity index is 0.00000171. The number of alkyl halides is 3. The molecule has 4 rings (SSSR count). The minimum atomic E-state index is -4.70. The van der Waals surface area contributed by atoms with E-state index in [0.717, 1.165) is 48.1 Å². The lowest BCUT2D eigenvalue weighted by Gasteiger charge is -2.35. The van der Waals surface area contributed by atoms with E-state index in [1.54, 1.807) is 24.3 Å². The molecule has 0 saturated carbocycles. The number of hydrogen-bond acceptors (Lipinski definition) is 4. The van der Waals surface area contributed by atoms with E-state index >= 15 is 0 Å². The molecule has 1 atom stereocenters. The summed E-state index contributed by atoms with van der Waals surface area (Å²) in [5.41, 5.74) is 1.95. The third-order valence-electron chi connectivity index (χ3n) is 5.11. The Bertz CT molecular complexity index is 994. The number of phenolic OH excluding ortho intramolecular Hbond substituents is 1. The fourth-order valence-electron chi connectivity index (χ4n) is 3.83. The van der Waals surface area contributed by atoms with E-state index in [1.165, 1.54) is 12.1 Å². The Labute approximate surface area is 190 Å². The first-order valence-electron chi connectivity index (χ1n) is 9.42. The van der Waals surface area contributed by atoms with Crippen LogP contribution < -0.4 is 10.1 Å². The van der Waals surface area contributed by atoms with Crippen molar-refractivity contribution in [3.05, 3.63) is 71.8 Å². The molecule has 1 aliphatic heterocycles. The molecule has 0 unspecified atom stereocenters. The second-order valence-electron chi connectivity index (χ2n) is 7.10. The summed E-state index contributed by atoms with van der Waals surface area (Å²) in [5.74, 6) is -0.0153. The number of aromatic hydroxyl groups is 1. The topological polar surface area (TPSA) is 44.7 Å². The molecule has 3 aromatic rings. The van der Waals surface area contributed by atoms with Crippen LogP contribution >= 0.6 is 24.8 Å². The molecule has 0 bridgehead atoms. The standard InChI is InChI=1S/C22H21F3N2O2.2ClH/c23-22(24,25)29-20-7-4-15(5-8-20)21(27-11-9-26-10-12-27)18-2-1-17-14-19(28)6-3-16(17)13-18;;/h1-8,13-14,21,26,28H,9-12H2;2*1H/t21-;;/m0../s1. The van der Waals surface area contributed by atoms with Crippen LogP contribution in [0.15, 0.2) is 60.7 Å². The first kappa shape index (κ1) is 25.1. The minimum Gasteiger partial charge on any atom is -0.508 e. The second kappa shape index (κ2) is 10.4. The highest BCUT2D eigenvalue weighted by Gasteiger charge is 2.31. The summed E-state index contributed by atoms with van der Waals surface area (Å²) < 4.78 is 41.4. The molecule has 1 fully saturated rings. The summed E-state index contributed by atoms with van der Waals surface area (Å²) in [5, 5.41) is 14.9. The van der Waals surface area contributed by atoms with Gasteiger partial charge in [-0.1, -0.05) is 30.3 Å². The molecule has 0 spiro atoms. The molecule has 0 aromatic heterocycles. The number of benzene rings is 3. The maximum atomic E-state index is 12.5. The largest absolute Gasteiger partial charge is 0.573 e. The van der Waals surface area contributed by atoms with Crippen LogP contribution in [0.1, 0.15) is 17.2 Å². The average molecular weight is 475 g/mol. The van der Waals surface area contributed by atoms with Crippen molar-refractivity contribution in [2.24, 2.45) is 0 Å². The Hall–Kier alpha value is -2.19. The van der Waals surface area contributed by atoms with Crippen molar-refractivity contribution in [2.45, 2.75) is 12.4 Å². The Morgan fingerprint density at radius 2 is 1.42 bits per heavy atom. The fourth-order valence-corrected chi connectivity index (χ4v) is 3.83. The zero-order valence-electron chi connectivity index (χ0n) is 16.4. The monoisotopic (exact) mass is 474 g/mol. The predicted molar refractivity (Wildman–Crippen MR) is 120 cm³/mol. The summed E-state index contributed by atoms with van der Waals surface area (Å²) in [6.45, 7) is 3.37. The van der Waals surface area contributed by atoms with Crippen molar-refractivity contribution in [2.75, 3.05) is 26.2 Å². The van der Waals surface area contributed by atoms with Gasteiger partial charge in [-0.2, -0.15) is 0 Å². The van der Waals surface area contributed by atoms with Crippen LogP contribution in [0.2, 0.25) is 0 Å². The molecule has 1 aliphatic rings. The molecule has 31 heavy (non-hydrogen) atoms. The summed E-state index contributed by atoms with van der Waals surface area (Å²) in [4.78, 5) is 2.32. The lowest BCUT2D eigenvalue weighted by Crippen LogP contribution is -2.45. The second-order valence-corrected chi connectivity index (χ2v) is 7.10. The van der Waals surface area contributed by atoms with E-state index in [0.29, 0.717) is 0 Å². The lowest BCUT2D eigenvalue weighted by atomic mass is 9.94. The number of fused-ring (bicyclic) bond motifs is 1. The first-order chi connectivity index (χ1) is 13.9. The highest BCUT2D eigenvalue weighted by molar-refractivity contribution is 5.86. The van der Waals surface area contributed by atoms with Crippen molar-refractivity contribution in [1.29, 1.82) is 0 Å². The molecule has 0 radical (unpaired) electrons. The van der Waals surface area contributed by atoms with Crippen molar-refractivity contribution < 1.29 is 23.0 Å². The van der Waals surface area contributed by atoms with E-state index < -0.39 is 6.36 Å². The molecule has 0 amide bonds. The van der Waals surface area contributed by atoms with Gasteiger partial charge in [-0.3, -0.25) is 4.90 Å². The minimum absolute atomic E-state index is 0. The van der Waals surface area contributed by atoms with E-state index in [9.17, 15) is 18.3 Å². The van der Waals surface area contributed by atoms with Crippen LogP contribution in [0.3, 0.4) is 0 Å². The molecule has 1 saturated heterocycles. The molecular formula is C22H23Cl2F3N2O2. The van der Waals surface area contributed by atoms with Gasteiger partial charge in [0.25, 0.3) is 0 Å². The Morgan fingerprint density at radius 1 is 0.839 bits per heavy atom. The quantitative estimate of drug-likeness (QED) is 0.539. The van der Waals surface area contributed by atoms with Gasteiger partial charge < -0.3 is 15.2 Å². The maximum absolute atomic E-state index is 12.5. The van der Waals surface area contributed by atoms with E-state index in [2.05, 4.69) is 21.0 Å². The van der Waals surface area contributed by atoms with Gasteiger partial charge in [-0.15, -0.1) is 38.0 Å². The third kappa shape index (κ3) is 6.17. The Kier molecular flexibility index (Phi) is 8.42. The zero-order chi connectivity index (χ0) is 20.4. The smallest absolute Gasteiger partial charge is 0.508 e. The zero-order valence-corrected chi connectivity index (χ0v) is 18.1. The maximum Gasteiger partial charge on any atom is 0.573 e. The number of piperazine rings is 1. The molecule has 3 aromatic carbocycles. The number of ether oxygens (including phenoxy) is 1. The van der Waals surface area contributed by atoms with Crippen LogP contribution in [0.5, 0.6) is 11.5 Å². The molecule has 1 heterocycles. The van der Waals surface area contributed by atoms with E-state index in [1.807, 2.05) is 18.2 Å². The van der Waals surface area contributed by atoms with Crippen molar-refractivity contribution in [3.63, 3.8) is 0 Å². The van der Waals surface area contributed by atoms with Crippen molar-refractivity contribution in [1.82, 2.24) is 10.2 Å². The summed E-state index contributed by atoms with van der Waals surface area (Å²) in [7, 11) is 0. The number of phenols is 1. The molecular weight excluding hydrogens is 452 g/mol. The summed E-state index contributed by atoms with van der Waals surface area (Å²) >= 11 is 0. The molecule has 9 heteroatoms. The SMILES string of the molecule is Cl.Cl.Oc1ccc2cc([C@H](c3ccc(OC(F)(F)F)cc3)N3CCNCC3)ccc2c1. The number of nitrogens with one attached hydrogen (secondary N) is 1. The van der Waals surface area contributed by atoms with Gasteiger partial charge in [0.2, 0.25) is 0 Å². The average Bonchev–Trinajstić information content (AvgIpc) is 2.69. The van der Waals surface area contributed by atoms with Gasteiger partial charge >= 0.3 is 6.36 Å². The van der Waals surface area contributed by atoms with E-state index in [4.69, 9.17) is 0 Å². The summed E-state index contributed by atoms with van der Waals surface area (Å²) in [6.07, 6.45) is -4.70. The number of hydrogen-bond donors (Lipinski definition) is 2. The third-order valence-corrected chi connectivity index (χ3v) is 5.11. The van der Waals surface area contributed by atoms with Crippen LogP contribution in [0, 0.1) is 0 Å². The fraction of sp³-hybridized carbons (Fsp3) is 0.273. The lowest BCUT2D eigenvalue weighted by molar-refractivity contribution is -0.274. The number of nitrogens with zero attached hydrogens (tertiary/aromatic N) is 1. The van der Waals surface area contributed by atoms with Crippen molar-refractivity contribution >= 4 is 35.6 Å². The number of halogens is 5. The molecule has 2 N–H and O–H groups in total. The van der Waals surface area contributed by atoms with Crippen LogP contribution in [-0.4, -0.2) is 42.5 Å². The van der Waals surface area contributed by atoms with Gasteiger partial charge in [0, 0.05) is 26.2 Å². The van der Waals surface area contributed by atoms with Crippen LogP contribution in [0.25, 0.3) is 10.8 Å².